The van der Waals surface area contributed by atoms with Gasteiger partial charge >= 0.3 is 5.97 Å². The van der Waals surface area contributed by atoms with Crippen molar-refractivity contribution in [2.24, 2.45) is 11.8 Å². The molecule has 8 heteroatoms. The number of carbonyl (C=O) groups is 2. The van der Waals surface area contributed by atoms with Crippen molar-refractivity contribution in [3.8, 4) is 0 Å². The van der Waals surface area contributed by atoms with Crippen LogP contribution in [-0.4, -0.2) is 28.6 Å². The van der Waals surface area contributed by atoms with Crippen LogP contribution in [0.3, 0.4) is 0 Å². The van der Waals surface area contributed by atoms with Crippen LogP contribution in [0.5, 0.6) is 0 Å². The summed E-state index contributed by atoms with van der Waals surface area (Å²) in [4.78, 5) is 37.8. The highest BCUT2D eigenvalue weighted by atomic mass is 16.9. The highest BCUT2D eigenvalue weighted by molar-refractivity contribution is 5.95. The van der Waals surface area contributed by atoms with Gasteiger partial charge in [-0.15, -0.1) is 10.1 Å². The highest BCUT2D eigenvalue weighted by Crippen LogP contribution is 2.16. The number of benzene rings is 1. The van der Waals surface area contributed by atoms with Crippen LogP contribution >= 0.6 is 0 Å². The predicted octanol–water partition coefficient (Wildman–Crippen LogP) is 2.26. The second-order valence-corrected chi connectivity index (χ2v) is 5.96. The van der Waals surface area contributed by atoms with Gasteiger partial charge in [-0.25, -0.2) is 0 Å². The quantitative estimate of drug-likeness (QED) is 0.499. The van der Waals surface area contributed by atoms with E-state index in [0.717, 1.165) is 0 Å². The summed E-state index contributed by atoms with van der Waals surface area (Å²) in [5.41, 5.74) is 0.670. The summed E-state index contributed by atoms with van der Waals surface area (Å²) in [6.45, 7) is 3.89. The molecule has 0 saturated heterocycles. The average Bonchev–Trinajstić information content (AvgIpc) is 2.49. The van der Waals surface area contributed by atoms with E-state index in [9.17, 15) is 19.7 Å². The Morgan fingerprint density at radius 3 is 2.58 bits per heavy atom. The Kier molecular flexibility index (Phi) is 7.67. The van der Waals surface area contributed by atoms with Gasteiger partial charge in [-0.3, -0.25) is 9.59 Å². The van der Waals surface area contributed by atoms with Crippen molar-refractivity contribution < 1.29 is 24.6 Å². The molecule has 0 radical (unpaired) electrons. The Hall–Kier alpha value is -2.64. The molecule has 132 valence electrons. The molecule has 2 N–H and O–H groups in total. The number of nitrogens with one attached hydrogen (secondary N) is 1. The molecular weight excluding hydrogens is 316 g/mol. The van der Waals surface area contributed by atoms with E-state index in [1.54, 1.807) is 24.3 Å². The Bertz CT molecular complexity index is 588. The fraction of sp³-hybridized carbons (Fsp3) is 0.500. The Morgan fingerprint density at radius 1 is 1.33 bits per heavy atom. The molecule has 0 bridgehead atoms. The van der Waals surface area contributed by atoms with Crippen molar-refractivity contribution in [1.82, 2.24) is 5.32 Å². The fourth-order valence-electron chi connectivity index (χ4n) is 2.47. The molecule has 0 aliphatic carbocycles. The molecule has 0 spiro atoms. The Balaban J connectivity index is 2.72. The van der Waals surface area contributed by atoms with Gasteiger partial charge in [0.2, 0.25) is 0 Å². The van der Waals surface area contributed by atoms with Crippen LogP contribution in [0.2, 0.25) is 0 Å². The van der Waals surface area contributed by atoms with Gasteiger partial charge in [0.15, 0.2) is 0 Å². The van der Waals surface area contributed by atoms with Gasteiger partial charge < -0.3 is 15.3 Å². The monoisotopic (exact) mass is 338 g/mol. The zero-order valence-electron chi connectivity index (χ0n) is 13.7. The Labute approximate surface area is 139 Å². The molecular formula is C16H22N2O6. The third-order valence-electron chi connectivity index (χ3n) is 3.41. The lowest BCUT2D eigenvalue weighted by Gasteiger charge is -2.18. The first-order valence-corrected chi connectivity index (χ1v) is 7.64. The molecule has 0 saturated carbocycles. The van der Waals surface area contributed by atoms with E-state index in [4.69, 9.17) is 5.11 Å². The molecule has 24 heavy (non-hydrogen) atoms. The minimum Gasteiger partial charge on any atom is -0.481 e. The molecule has 0 aliphatic heterocycles. The molecule has 0 aromatic heterocycles. The molecule has 0 heterocycles. The maximum absolute atomic E-state index is 12.3. The lowest BCUT2D eigenvalue weighted by Crippen LogP contribution is -2.31. The number of carbonyl (C=O) groups excluding carboxylic acids is 1. The zero-order valence-corrected chi connectivity index (χ0v) is 13.7. The van der Waals surface area contributed by atoms with Gasteiger partial charge in [-0.1, -0.05) is 32.0 Å². The fourth-order valence-corrected chi connectivity index (χ4v) is 2.47. The first-order valence-electron chi connectivity index (χ1n) is 7.64. The number of carboxylic acids is 1. The lowest BCUT2D eigenvalue weighted by atomic mass is 9.94. The molecule has 0 fully saturated rings. The lowest BCUT2D eigenvalue weighted by molar-refractivity contribution is -0.763. The summed E-state index contributed by atoms with van der Waals surface area (Å²) in [6, 6.07) is 6.42. The molecule has 8 nitrogen and oxygen atoms in total. The number of hydrogen-bond acceptors (Lipinski definition) is 5. The zero-order chi connectivity index (χ0) is 18.1. The molecule has 0 aliphatic rings. The number of aliphatic carboxylic acids is 1. The summed E-state index contributed by atoms with van der Waals surface area (Å²) in [5, 5.41) is 21.0. The van der Waals surface area contributed by atoms with Crippen molar-refractivity contribution >= 4 is 11.9 Å². The molecule has 1 aromatic carbocycles. The topological polar surface area (TPSA) is 119 Å². The number of carboxylic acid groups (broad SMARTS) is 1. The molecule has 1 atom stereocenters. The van der Waals surface area contributed by atoms with Gasteiger partial charge in [-0.05, 0) is 29.9 Å². The number of amides is 1. The first kappa shape index (κ1) is 19.4. The van der Waals surface area contributed by atoms with Gasteiger partial charge in [0.05, 0.1) is 0 Å². The Morgan fingerprint density at radius 2 is 2.00 bits per heavy atom. The summed E-state index contributed by atoms with van der Waals surface area (Å²) < 4.78 is 0. The van der Waals surface area contributed by atoms with Crippen LogP contribution in [0, 0.1) is 22.0 Å². The predicted molar refractivity (Wildman–Crippen MR) is 85.8 cm³/mol. The van der Waals surface area contributed by atoms with Gasteiger partial charge in [-0.2, -0.15) is 0 Å². The van der Waals surface area contributed by atoms with Crippen molar-refractivity contribution in [2.45, 2.75) is 33.3 Å². The minimum atomic E-state index is -0.916. The summed E-state index contributed by atoms with van der Waals surface area (Å²) >= 11 is 0. The van der Waals surface area contributed by atoms with Crippen LogP contribution in [0.1, 0.15) is 42.6 Å². The van der Waals surface area contributed by atoms with Crippen molar-refractivity contribution in [2.75, 3.05) is 6.54 Å². The van der Waals surface area contributed by atoms with Gasteiger partial charge in [0.25, 0.3) is 11.0 Å². The number of nitrogens with zero attached hydrogens (tertiary/aromatic N) is 1. The van der Waals surface area contributed by atoms with E-state index < -0.39 is 17.0 Å². The first-order chi connectivity index (χ1) is 11.3. The van der Waals surface area contributed by atoms with Gasteiger partial charge in [0, 0.05) is 18.5 Å². The average molecular weight is 338 g/mol. The summed E-state index contributed by atoms with van der Waals surface area (Å²) in [6.07, 6.45) is 0.656. The largest absolute Gasteiger partial charge is 0.481 e. The smallest absolute Gasteiger partial charge is 0.303 e. The van der Waals surface area contributed by atoms with Crippen LogP contribution in [0.15, 0.2) is 24.3 Å². The normalized spacial score (nSPS) is 11.8. The number of hydrogen-bond donors (Lipinski definition) is 2. The van der Waals surface area contributed by atoms with Crippen molar-refractivity contribution in [3.63, 3.8) is 0 Å². The molecule has 1 unspecified atom stereocenters. The van der Waals surface area contributed by atoms with Crippen LogP contribution in [0.4, 0.5) is 0 Å². The SMILES string of the molecule is CC(C)CC(CNC(=O)c1ccccc1CO[N+](=O)[O-])CC(=O)O. The third-order valence-corrected chi connectivity index (χ3v) is 3.41. The highest BCUT2D eigenvalue weighted by Gasteiger charge is 2.18. The van der Waals surface area contributed by atoms with E-state index in [1.807, 2.05) is 13.8 Å². The standard InChI is InChI=1S/C16H22N2O6/c1-11(2)7-12(8-15(19)20)9-17-16(21)14-6-4-3-5-13(14)10-24-18(22)23/h3-6,11-12H,7-10H2,1-2H3,(H,17,21)(H,19,20). The van der Waals surface area contributed by atoms with Crippen molar-refractivity contribution in [1.29, 1.82) is 0 Å². The summed E-state index contributed by atoms with van der Waals surface area (Å²) in [7, 11) is 0. The van der Waals surface area contributed by atoms with E-state index in [2.05, 4.69) is 10.2 Å². The molecule has 1 aromatic rings. The van der Waals surface area contributed by atoms with Crippen LogP contribution in [0.25, 0.3) is 0 Å². The molecule has 1 amide bonds. The minimum absolute atomic E-state index is 0.0233. The second-order valence-electron chi connectivity index (χ2n) is 5.96. The van der Waals surface area contributed by atoms with E-state index >= 15 is 0 Å². The maximum Gasteiger partial charge on any atom is 0.303 e. The van der Waals surface area contributed by atoms with Crippen molar-refractivity contribution in [3.05, 3.63) is 45.5 Å². The third kappa shape index (κ3) is 7.08. The summed E-state index contributed by atoms with van der Waals surface area (Å²) in [5.74, 6) is -1.17. The van der Waals surface area contributed by atoms with E-state index in [1.165, 1.54) is 0 Å². The van der Waals surface area contributed by atoms with E-state index in [0.29, 0.717) is 17.9 Å². The van der Waals surface area contributed by atoms with Crippen LogP contribution < -0.4 is 5.32 Å². The van der Waals surface area contributed by atoms with Gasteiger partial charge in [0.1, 0.15) is 6.61 Å². The number of rotatable bonds is 10. The maximum atomic E-state index is 12.3. The van der Waals surface area contributed by atoms with E-state index in [-0.39, 0.29) is 31.1 Å². The molecule has 1 rings (SSSR count). The second kappa shape index (κ2) is 9.49. The van der Waals surface area contributed by atoms with Crippen LogP contribution in [-0.2, 0) is 16.2 Å².